The molecule has 0 atom stereocenters. The normalized spacial score (nSPS) is 16.6. The molecule has 27 heavy (non-hydrogen) atoms. The van der Waals surface area contributed by atoms with Crippen LogP contribution in [0.5, 0.6) is 5.75 Å². The molecule has 1 aliphatic rings. The van der Waals surface area contributed by atoms with Crippen molar-refractivity contribution in [2.75, 3.05) is 6.61 Å². The average molecular weight is 559 g/mol. The molecule has 0 aliphatic carbocycles. The zero-order valence-electron chi connectivity index (χ0n) is 13.6. The largest absolute Gasteiger partial charge is 0.481 e. The van der Waals surface area contributed by atoms with Gasteiger partial charge >= 0.3 is 5.97 Å². The monoisotopic (exact) mass is 558 g/mol. The van der Waals surface area contributed by atoms with Gasteiger partial charge in [0.05, 0.1) is 15.1 Å². The van der Waals surface area contributed by atoms with Gasteiger partial charge in [0.1, 0.15) is 5.75 Å². The number of aliphatic imine (C=N–C) groups is 1. The first-order chi connectivity index (χ1) is 12.9. The predicted octanol–water partition coefficient (Wildman–Crippen LogP) is 4.41. The molecule has 0 radical (unpaired) electrons. The standard InChI is InChI=1S/C18H12BrIN2O4S/c19-13-7-10(1-6-14(13)26-9-16(23)24)8-15-17(25)22-18(27-15)21-12-4-2-11(20)3-5-12/h1-8H,9H2,(H,23,24)(H,21,22,25)/b15-8+. The molecule has 0 spiro atoms. The van der Waals surface area contributed by atoms with Gasteiger partial charge in [-0.1, -0.05) is 6.07 Å². The molecule has 1 aliphatic heterocycles. The maximum absolute atomic E-state index is 12.2. The Hall–Kier alpha value is -1.85. The summed E-state index contributed by atoms with van der Waals surface area (Å²) in [5.41, 5.74) is 1.54. The number of carboxylic acid groups (broad SMARTS) is 1. The number of carboxylic acids is 1. The summed E-state index contributed by atoms with van der Waals surface area (Å²) in [4.78, 5) is 27.7. The smallest absolute Gasteiger partial charge is 0.341 e. The molecule has 0 saturated carbocycles. The SMILES string of the molecule is O=C(O)COc1ccc(/C=C2/SC(=Nc3ccc(I)cc3)NC2=O)cc1Br. The van der Waals surface area contributed by atoms with Crippen molar-refractivity contribution in [2.24, 2.45) is 4.99 Å². The zero-order chi connectivity index (χ0) is 19.4. The van der Waals surface area contributed by atoms with Crippen LogP contribution in [0.1, 0.15) is 5.56 Å². The van der Waals surface area contributed by atoms with Crippen LogP contribution < -0.4 is 10.1 Å². The number of carbonyl (C=O) groups excluding carboxylic acids is 1. The molecule has 3 rings (SSSR count). The van der Waals surface area contributed by atoms with Crippen molar-refractivity contribution >= 4 is 79.1 Å². The van der Waals surface area contributed by atoms with Gasteiger partial charge in [0, 0.05) is 3.57 Å². The number of benzene rings is 2. The summed E-state index contributed by atoms with van der Waals surface area (Å²) >= 11 is 6.82. The van der Waals surface area contributed by atoms with Crippen LogP contribution in [0.25, 0.3) is 6.08 Å². The molecule has 138 valence electrons. The summed E-state index contributed by atoms with van der Waals surface area (Å²) in [7, 11) is 0. The first-order valence-electron chi connectivity index (χ1n) is 7.60. The highest BCUT2D eigenvalue weighted by atomic mass is 127. The van der Waals surface area contributed by atoms with E-state index in [2.05, 4.69) is 48.8 Å². The second kappa shape index (κ2) is 8.89. The van der Waals surface area contributed by atoms with E-state index in [0.29, 0.717) is 20.3 Å². The van der Waals surface area contributed by atoms with Crippen LogP contribution in [0.3, 0.4) is 0 Å². The van der Waals surface area contributed by atoms with E-state index in [1.165, 1.54) is 11.8 Å². The number of halogens is 2. The third kappa shape index (κ3) is 5.56. The molecule has 2 aromatic rings. The number of nitrogens with one attached hydrogen (secondary N) is 1. The molecule has 0 unspecified atom stereocenters. The summed E-state index contributed by atoms with van der Waals surface area (Å²) in [5, 5.41) is 11.9. The minimum Gasteiger partial charge on any atom is -0.481 e. The molecule has 1 amide bonds. The molecular formula is C18H12BrIN2O4S. The number of amides is 1. The Morgan fingerprint density at radius 1 is 1.30 bits per heavy atom. The third-order valence-corrected chi connectivity index (χ3v) is 5.56. The molecule has 1 fully saturated rings. The number of ether oxygens (including phenoxy) is 1. The highest BCUT2D eigenvalue weighted by molar-refractivity contribution is 14.1. The van der Waals surface area contributed by atoms with Crippen molar-refractivity contribution in [1.29, 1.82) is 0 Å². The van der Waals surface area contributed by atoms with Crippen LogP contribution in [0.15, 0.2) is 56.8 Å². The van der Waals surface area contributed by atoms with Crippen molar-refractivity contribution in [3.05, 3.63) is 61.0 Å². The van der Waals surface area contributed by atoms with Crippen molar-refractivity contribution in [3.63, 3.8) is 0 Å². The van der Waals surface area contributed by atoms with Crippen molar-refractivity contribution in [3.8, 4) is 5.75 Å². The van der Waals surface area contributed by atoms with Crippen LogP contribution in [0.2, 0.25) is 0 Å². The highest BCUT2D eigenvalue weighted by Gasteiger charge is 2.23. The van der Waals surface area contributed by atoms with E-state index in [9.17, 15) is 9.59 Å². The second-order valence-corrected chi connectivity index (χ2v) is 8.46. The predicted molar refractivity (Wildman–Crippen MR) is 117 cm³/mol. The topological polar surface area (TPSA) is 88.0 Å². The van der Waals surface area contributed by atoms with Gasteiger partial charge in [-0.05, 0) is 98.3 Å². The number of thioether (sulfide) groups is 1. The van der Waals surface area contributed by atoms with Crippen LogP contribution in [0, 0.1) is 3.57 Å². The molecule has 1 heterocycles. The van der Waals surface area contributed by atoms with Crippen LogP contribution in [0.4, 0.5) is 5.69 Å². The molecule has 6 nitrogen and oxygen atoms in total. The van der Waals surface area contributed by atoms with E-state index in [1.54, 1.807) is 24.3 Å². The van der Waals surface area contributed by atoms with E-state index < -0.39 is 12.6 Å². The number of carbonyl (C=O) groups is 2. The summed E-state index contributed by atoms with van der Waals surface area (Å²) in [6.07, 6.45) is 1.74. The summed E-state index contributed by atoms with van der Waals surface area (Å²) in [5.74, 6) is -0.845. The lowest BCUT2D eigenvalue weighted by Crippen LogP contribution is -2.19. The van der Waals surface area contributed by atoms with Crippen molar-refractivity contribution in [1.82, 2.24) is 5.32 Å². The lowest BCUT2D eigenvalue weighted by atomic mass is 10.2. The van der Waals surface area contributed by atoms with Crippen molar-refractivity contribution in [2.45, 2.75) is 0 Å². The molecule has 0 bridgehead atoms. The van der Waals surface area contributed by atoms with E-state index in [0.717, 1.165) is 14.8 Å². The average Bonchev–Trinajstić information content (AvgIpc) is 2.95. The van der Waals surface area contributed by atoms with Gasteiger partial charge in [-0.3, -0.25) is 4.79 Å². The number of aliphatic carboxylic acids is 1. The Kier molecular flexibility index (Phi) is 6.55. The Morgan fingerprint density at radius 3 is 2.70 bits per heavy atom. The lowest BCUT2D eigenvalue weighted by molar-refractivity contribution is -0.139. The van der Waals surface area contributed by atoms with E-state index in [-0.39, 0.29) is 5.91 Å². The number of nitrogens with zero attached hydrogens (tertiary/aromatic N) is 1. The van der Waals surface area contributed by atoms with Gasteiger partial charge in [0.25, 0.3) is 5.91 Å². The van der Waals surface area contributed by atoms with Crippen LogP contribution in [-0.4, -0.2) is 28.8 Å². The van der Waals surface area contributed by atoms with E-state index in [1.807, 2.05) is 24.3 Å². The van der Waals surface area contributed by atoms with Gasteiger partial charge in [0.2, 0.25) is 0 Å². The summed E-state index contributed by atoms with van der Waals surface area (Å²) < 4.78 is 6.88. The number of amidine groups is 1. The second-order valence-electron chi connectivity index (χ2n) is 5.33. The Bertz CT molecular complexity index is 960. The molecule has 2 aromatic carbocycles. The minimum absolute atomic E-state index is 0.216. The van der Waals surface area contributed by atoms with Crippen LogP contribution >= 0.6 is 50.3 Å². The zero-order valence-corrected chi connectivity index (χ0v) is 18.2. The van der Waals surface area contributed by atoms with E-state index in [4.69, 9.17) is 9.84 Å². The van der Waals surface area contributed by atoms with Gasteiger partial charge in [-0.25, -0.2) is 9.79 Å². The van der Waals surface area contributed by atoms with Gasteiger partial charge in [-0.2, -0.15) is 0 Å². The van der Waals surface area contributed by atoms with Gasteiger partial charge in [0.15, 0.2) is 11.8 Å². The third-order valence-electron chi connectivity index (χ3n) is 3.31. The molecule has 2 N–H and O–H groups in total. The first-order valence-corrected chi connectivity index (χ1v) is 10.3. The minimum atomic E-state index is -1.05. The van der Waals surface area contributed by atoms with Gasteiger partial charge < -0.3 is 15.2 Å². The number of rotatable bonds is 5. The van der Waals surface area contributed by atoms with Crippen LogP contribution in [-0.2, 0) is 9.59 Å². The first kappa shape index (κ1) is 19.9. The Morgan fingerprint density at radius 2 is 2.04 bits per heavy atom. The fourth-order valence-electron chi connectivity index (χ4n) is 2.13. The molecule has 1 saturated heterocycles. The summed E-state index contributed by atoms with van der Waals surface area (Å²) in [6, 6.07) is 12.8. The molecule has 9 heteroatoms. The Labute approximate surface area is 181 Å². The maximum atomic E-state index is 12.2. The Balaban J connectivity index is 1.75. The fraction of sp³-hybridized carbons (Fsp3) is 0.0556. The van der Waals surface area contributed by atoms with Gasteiger partial charge in [-0.15, -0.1) is 0 Å². The quantitative estimate of drug-likeness (QED) is 0.419. The number of hydrogen-bond acceptors (Lipinski definition) is 5. The van der Waals surface area contributed by atoms with Crippen molar-refractivity contribution < 1.29 is 19.4 Å². The lowest BCUT2D eigenvalue weighted by Gasteiger charge is -2.06. The maximum Gasteiger partial charge on any atom is 0.341 e. The van der Waals surface area contributed by atoms with E-state index >= 15 is 0 Å². The number of hydrogen-bond donors (Lipinski definition) is 2. The highest BCUT2D eigenvalue weighted by Crippen LogP contribution is 2.31. The fourth-order valence-corrected chi connectivity index (χ4v) is 3.84. The molecular weight excluding hydrogens is 547 g/mol. The summed E-state index contributed by atoms with van der Waals surface area (Å²) in [6.45, 7) is -0.421. The molecule has 0 aromatic heterocycles.